The summed E-state index contributed by atoms with van der Waals surface area (Å²) >= 11 is 0. The van der Waals surface area contributed by atoms with Crippen LogP contribution in [0.5, 0.6) is 0 Å². The second-order valence-corrected chi connectivity index (χ2v) is 8.33. The number of aromatic nitrogens is 2. The number of hydrogen-bond acceptors (Lipinski definition) is 6. The van der Waals surface area contributed by atoms with Crippen LogP contribution in [0, 0.1) is 17.8 Å². The number of hydrogen-bond donors (Lipinski definition) is 0. The van der Waals surface area contributed by atoms with E-state index in [-0.39, 0.29) is 36.5 Å². The fourth-order valence-electron chi connectivity index (χ4n) is 4.04. The van der Waals surface area contributed by atoms with Gasteiger partial charge in [0.25, 0.3) is 5.56 Å². The molecule has 2 amide bonds. The predicted octanol–water partition coefficient (Wildman–Crippen LogP) is 0.493. The van der Waals surface area contributed by atoms with Gasteiger partial charge in [-0.2, -0.15) is 0 Å². The Labute approximate surface area is 173 Å². The maximum atomic E-state index is 12.9. The number of nitrogens with zero attached hydrogens (tertiary/aromatic N) is 3. The molecule has 0 saturated carbocycles. The Balaban J connectivity index is 1.82. The maximum absolute atomic E-state index is 12.9. The molecule has 0 spiro atoms. The number of ether oxygens (including phenoxy) is 1. The summed E-state index contributed by atoms with van der Waals surface area (Å²) in [6, 6.07) is 0.192. The van der Waals surface area contributed by atoms with Crippen LogP contribution in [-0.4, -0.2) is 37.9 Å². The normalized spacial score (nSPS) is 21.8. The van der Waals surface area contributed by atoms with Crippen LogP contribution >= 0.6 is 0 Å². The van der Waals surface area contributed by atoms with E-state index in [0.717, 1.165) is 9.47 Å². The number of esters is 1. The first-order valence-corrected chi connectivity index (χ1v) is 10.1. The van der Waals surface area contributed by atoms with E-state index in [1.54, 1.807) is 0 Å². The van der Waals surface area contributed by atoms with E-state index in [4.69, 9.17) is 4.74 Å². The standard InChI is InChI=1S/C21H27N3O6/c1-12(2)9-16(24-18(26)14-7-5-6-8-15(14)19(24)27)20(28)30-11-13-10-17(25)23(4)21(29)22(13)3/h5-6,10,12,14-16H,7-9,11H2,1-4H3. The van der Waals surface area contributed by atoms with Gasteiger partial charge in [-0.05, 0) is 25.2 Å². The molecule has 0 aromatic carbocycles. The van der Waals surface area contributed by atoms with E-state index in [9.17, 15) is 24.0 Å². The van der Waals surface area contributed by atoms with E-state index in [2.05, 4.69) is 0 Å². The van der Waals surface area contributed by atoms with Gasteiger partial charge in [-0.15, -0.1) is 0 Å². The lowest BCUT2D eigenvalue weighted by atomic mass is 9.85. The zero-order valence-corrected chi connectivity index (χ0v) is 17.7. The number of carbonyl (C=O) groups is 3. The van der Waals surface area contributed by atoms with Crippen molar-refractivity contribution < 1.29 is 19.1 Å². The van der Waals surface area contributed by atoms with Crippen LogP contribution in [0.15, 0.2) is 27.8 Å². The highest BCUT2D eigenvalue weighted by molar-refractivity contribution is 6.08. The van der Waals surface area contributed by atoms with Crippen LogP contribution in [0.3, 0.4) is 0 Å². The molecule has 1 aromatic rings. The van der Waals surface area contributed by atoms with Gasteiger partial charge in [0.15, 0.2) is 0 Å². The summed E-state index contributed by atoms with van der Waals surface area (Å²) in [4.78, 5) is 63.8. The van der Waals surface area contributed by atoms with Gasteiger partial charge in [0, 0.05) is 20.2 Å². The van der Waals surface area contributed by atoms with Crippen LogP contribution in [0.4, 0.5) is 0 Å². The van der Waals surface area contributed by atoms with Crippen molar-refractivity contribution in [2.24, 2.45) is 31.8 Å². The molecule has 1 aliphatic heterocycles. The number of carbonyl (C=O) groups excluding carboxylic acids is 3. The summed E-state index contributed by atoms with van der Waals surface area (Å²) in [6.45, 7) is 3.48. The molecule has 30 heavy (non-hydrogen) atoms. The minimum atomic E-state index is -1.03. The molecule has 2 aliphatic rings. The van der Waals surface area contributed by atoms with Crippen LogP contribution in [-0.2, 0) is 39.8 Å². The molecule has 9 nitrogen and oxygen atoms in total. The SMILES string of the molecule is CC(C)CC(C(=O)OCc1cc(=O)n(C)c(=O)n1C)N1C(=O)C2CC=CCC2C1=O. The average molecular weight is 417 g/mol. The van der Waals surface area contributed by atoms with Gasteiger partial charge >= 0.3 is 11.7 Å². The number of allylic oxidation sites excluding steroid dienone is 2. The molecule has 2 heterocycles. The first kappa shape index (κ1) is 21.7. The summed E-state index contributed by atoms with van der Waals surface area (Å²) < 4.78 is 7.55. The van der Waals surface area contributed by atoms with Crippen LogP contribution in [0.1, 0.15) is 38.8 Å². The molecule has 1 aliphatic carbocycles. The van der Waals surface area contributed by atoms with Gasteiger partial charge in [0.05, 0.1) is 17.5 Å². The van der Waals surface area contributed by atoms with Gasteiger partial charge in [-0.1, -0.05) is 26.0 Å². The fourth-order valence-corrected chi connectivity index (χ4v) is 4.04. The Bertz CT molecular complexity index is 993. The molecule has 162 valence electrons. The number of imide groups is 1. The van der Waals surface area contributed by atoms with Crippen LogP contribution in [0.2, 0.25) is 0 Å². The van der Waals surface area contributed by atoms with Crippen molar-refractivity contribution in [2.75, 3.05) is 0 Å². The Morgan fingerprint density at radius 1 is 1.03 bits per heavy atom. The van der Waals surface area contributed by atoms with E-state index >= 15 is 0 Å². The van der Waals surface area contributed by atoms with Crippen molar-refractivity contribution in [2.45, 2.75) is 45.8 Å². The molecule has 0 N–H and O–H groups in total. The number of rotatable bonds is 6. The summed E-state index contributed by atoms with van der Waals surface area (Å²) in [7, 11) is 2.83. The second-order valence-electron chi connectivity index (χ2n) is 8.33. The molecule has 9 heteroatoms. The lowest BCUT2D eigenvalue weighted by molar-refractivity contribution is -0.160. The molecule has 3 atom stereocenters. The summed E-state index contributed by atoms with van der Waals surface area (Å²) in [5, 5.41) is 0. The maximum Gasteiger partial charge on any atom is 0.330 e. The third-order valence-corrected chi connectivity index (χ3v) is 5.81. The van der Waals surface area contributed by atoms with Crippen molar-refractivity contribution in [3.05, 3.63) is 44.8 Å². The highest BCUT2D eigenvalue weighted by Gasteiger charge is 2.51. The number of likely N-dealkylation sites (tertiary alicyclic amines) is 1. The molecule has 1 aromatic heterocycles. The highest BCUT2D eigenvalue weighted by atomic mass is 16.5. The Morgan fingerprint density at radius 3 is 2.13 bits per heavy atom. The Morgan fingerprint density at radius 2 is 1.60 bits per heavy atom. The third kappa shape index (κ3) is 3.88. The third-order valence-electron chi connectivity index (χ3n) is 5.81. The fraction of sp³-hybridized carbons (Fsp3) is 0.571. The van der Waals surface area contributed by atoms with Gasteiger partial charge in [-0.25, -0.2) is 9.59 Å². The predicted molar refractivity (Wildman–Crippen MR) is 107 cm³/mol. The van der Waals surface area contributed by atoms with Crippen molar-refractivity contribution in [3.8, 4) is 0 Å². The lowest BCUT2D eigenvalue weighted by Gasteiger charge is -2.26. The van der Waals surface area contributed by atoms with Gasteiger partial charge in [0.2, 0.25) is 11.8 Å². The smallest absolute Gasteiger partial charge is 0.330 e. The molecular formula is C21H27N3O6. The monoisotopic (exact) mass is 417 g/mol. The van der Waals surface area contributed by atoms with Crippen LogP contribution < -0.4 is 11.2 Å². The topological polar surface area (TPSA) is 108 Å². The number of amides is 2. The first-order chi connectivity index (χ1) is 14.1. The Hall–Kier alpha value is -2.97. The molecule has 1 saturated heterocycles. The van der Waals surface area contributed by atoms with Crippen molar-refractivity contribution in [1.82, 2.24) is 14.0 Å². The van der Waals surface area contributed by atoms with E-state index in [0.29, 0.717) is 12.8 Å². The molecular weight excluding hydrogens is 390 g/mol. The lowest BCUT2D eigenvalue weighted by Crippen LogP contribution is -2.47. The quantitative estimate of drug-likeness (QED) is 0.379. The van der Waals surface area contributed by atoms with Crippen molar-refractivity contribution >= 4 is 17.8 Å². The van der Waals surface area contributed by atoms with Crippen LogP contribution in [0.25, 0.3) is 0 Å². The van der Waals surface area contributed by atoms with Crippen molar-refractivity contribution in [1.29, 1.82) is 0 Å². The molecule has 0 radical (unpaired) electrons. The second kappa shape index (κ2) is 8.41. The molecule has 0 bridgehead atoms. The average Bonchev–Trinajstić information content (AvgIpc) is 2.96. The van der Waals surface area contributed by atoms with Crippen molar-refractivity contribution in [3.63, 3.8) is 0 Å². The van der Waals surface area contributed by atoms with E-state index in [1.807, 2.05) is 26.0 Å². The minimum Gasteiger partial charge on any atom is -0.458 e. The van der Waals surface area contributed by atoms with Gasteiger partial charge < -0.3 is 4.74 Å². The zero-order valence-electron chi connectivity index (χ0n) is 17.7. The number of fused-ring (bicyclic) bond motifs is 1. The molecule has 1 fully saturated rings. The summed E-state index contributed by atoms with van der Waals surface area (Å²) in [5.41, 5.74) is -0.810. The first-order valence-electron chi connectivity index (χ1n) is 10.1. The van der Waals surface area contributed by atoms with Gasteiger partial charge in [-0.3, -0.25) is 28.4 Å². The molecule has 3 unspecified atom stereocenters. The van der Waals surface area contributed by atoms with E-state index < -0.39 is 35.1 Å². The zero-order chi connectivity index (χ0) is 22.2. The minimum absolute atomic E-state index is 0.0391. The molecule has 3 rings (SSSR count). The summed E-state index contributed by atoms with van der Waals surface area (Å²) in [6.07, 6.45) is 5.04. The largest absolute Gasteiger partial charge is 0.458 e. The highest BCUT2D eigenvalue weighted by Crippen LogP contribution is 2.37. The Kier molecular flexibility index (Phi) is 6.09. The van der Waals surface area contributed by atoms with E-state index in [1.165, 1.54) is 24.7 Å². The van der Waals surface area contributed by atoms with Gasteiger partial charge in [0.1, 0.15) is 12.6 Å². The summed E-state index contributed by atoms with van der Waals surface area (Å²) in [5.74, 6) is -2.20.